The molecule has 1 aromatic heterocycles. The highest BCUT2D eigenvalue weighted by Crippen LogP contribution is 2.22. The average molecular weight is 309 g/mol. The number of hydrogen-bond acceptors (Lipinski definition) is 4. The monoisotopic (exact) mass is 308 g/mol. The van der Waals surface area contributed by atoms with Crippen LogP contribution in [0.25, 0.3) is 11.0 Å². The number of amides is 1. The molecular weight excluding hydrogens is 292 g/mol. The number of rotatable bonds is 4. The highest BCUT2D eigenvalue weighted by molar-refractivity contribution is 6.31. The molecule has 21 heavy (non-hydrogen) atoms. The van der Waals surface area contributed by atoms with Crippen LogP contribution in [0, 0.1) is 0 Å². The predicted octanol–water partition coefficient (Wildman–Crippen LogP) is 2.15. The smallest absolute Gasteiger partial charge is 0.287 e. The number of morpholine rings is 1. The Morgan fingerprint density at radius 3 is 2.90 bits per heavy atom. The lowest BCUT2D eigenvalue weighted by Crippen LogP contribution is -2.41. The summed E-state index contributed by atoms with van der Waals surface area (Å²) in [4.78, 5) is 14.3. The van der Waals surface area contributed by atoms with Crippen LogP contribution in [0.5, 0.6) is 0 Å². The van der Waals surface area contributed by atoms with Gasteiger partial charge in [-0.25, -0.2) is 0 Å². The van der Waals surface area contributed by atoms with Gasteiger partial charge in [0.25, 0.3) is 5.91 Å². The van der Waals surface area contributed by atoms with Gasteiger partial charge in [0.1, 0.15) is 5.58 Å². The molecule has 6 heteroatoms. The molecule has 0 spiro atoms. The number of fused-ring (bicyclic) bond motifs is 1. The second kappa shape index (κ2) is 6.47. The maximum Gasteiger partial charge on any atom is 0.287 e. The van der Waals surface area contributed by atoms with Crippen LogP contribution in [0.1, 0.15) is 10.6 Å². The van der Waals surface area contributed by atoms with Gasteiger partial charge in [-0.05, 0) is 24.3 Å². The van der Waals surface area contributed by atoms with Gasteiger partial charge in [0.2, 0.25) is 0 Å². The van der Waals surface area contributed by atoms with E-state index in [1.54, 1.807) is 24.3 Å². The lowest BCUT2D eigenvalue weighted by Gasteiger charge is -2.26. The van der Waals surface area contributed by atoms with Gasteiger partial charge >= 0.3 is 0 Å². The van der Waals surface area contributed by atoms with E-state index in [0.29, 0.717) is 22.9 Å². The topological polar surface area (TPSA) is 54.7 Å². The van der Waals surface area contributed by atoms with Crippen molar-refractivity contribution in [1.82, 2.24) is 10.2 Å². The second-order valence-corrected chi connectivity index (χ2v) is 5.44. The molecule has 1 amide bonds. The van der Waals surface area contributed by atoms with E-state index < -0.39 is 0 Å². The highest BCUT2D eigenvalue weighted by Gasteiger charge is 2.14. The van der Waals surface area contributed by atoms with Crippen molar-refractivity contribution in [1.29, 1.82) is 0 Å². The molecule has 0 saturated carbocycles. The lowest BCUT2D eigenvalue weighted by molar-refractivity contribution is 0.0382. The molecule has 2 heterocycles. The number of furan rings is 1. The summed E-state index contributed by atoms with van der Waals surface area (Å²) in [6.45, 7) is 4.77. The SMILES string of the molecule is O=C(NCCN1CCOCC1)c1cc2cc(Cl)ccc2o1. The number of carbonyl (C=O) groups excluding carboxylic acids is 1. The summed E-state index contributed by atoms with van der Waals surface area (Å²) in [6.07, 6.45) is 0. The molecule has 3 rings (SSSR count). The Bertz CT molecular complexity index is 635. The van der Waals surface area contributed by atoms with Crippen molar-refractivity contribution in [3.8, 4) is 0 Å². The molecular formula is C15H17ClN2O3. The first kappa shape index (κ1) is 14.4. The summed E-state index contributed by atoms with van der Waals surface area (Å²) in [6, 6.07) is 7.01. The van der Waals surface area contributed by atoms with Gasteiger partial charge in [-0.2, -0.15) is 0 Å². The Kier molecular flexibility index (Phi) is 4.43. The van der Waals surface area contributed by atoms with E-state index in [9.17, 15) is 4.79 Å². The van der Waals surface area contributed by atoms with Crippen LogP contribution in [0.4, 0.5) is 0 Å². The molecule has 1 N–H and O–H groups in total. The Morgan fingerprint density at radius 1 is 1.29 bits per heavy atom. The van der Waals surface area contributed by atoms with Gasteiger partial charge in [0.05, 0.1) is 13.2 Å². The number of nitrogens with one attached hydrogen (secondary N) is 1. The summed E-state index contributed by atoms with van der Waals surface area (Å²) < 4.78 is 10.8. The Balaban J connectivity index is 1.56. The lowest BCUT2D eigenvalue weighted by atomic mass is 10.2. The van der Waals surface area contributed by atoms with Crippen molar-refractivity contribution in [3.05, 3.63) is 35.0 Å². The molecule has 1 aliphatic rings. The molecule has 1 aromatic carbocycles. The number of nitrogens with zero attached hydrogens (tertiary/aromatic N) is 1. The van der Waals surface area contributed by atoms with Crippen molar-refractivity contribution in [3.63, 3.8) is 0 Å². The molecule has 2 aromatic rings. The molecule has 112 valence electrons. The summed E-state index contributed by atoms with van der Waals surface area (Å²) in [5.74, 6) is 0.116. The van der Waals surface area contributed by atoms with Crippen LogP contribution in [-0.4, -0.2) is 50.2 Å². The van der Waals surface area contributed by atoms with Crippen LogP contribution in [0.3, 0.4) is 0 Å². The van der Waals surface area contributed by atoms with Gasteiger partial charge in [0, 0.05) is 36.6 Å². The zero-order valence-corrected chi connectivity index (χ0v) is 12.4. The van der Waals surface area contributed by atoms with Crippen LogP contribution in [0.15, 0.2) is 28.7 Å². The fourth-order valence-corrected chi connectivity index (χ4v) is 2.55. The summed E-state index contributed by atoms with van der Waals surface area (Å²) in [5, 5.41) is 4.34. The minimum absolute atomic E-state index is 0.199. The molecule has 0 atom stereocenters. The van der Waals surface area contributed by atoms with Crippen molar-refractivity contribution < 1.29 is 13.9 Å². The van der Waals surface area contributed by atoms with Crippen LogP contribution < -0.4 is 5.32 Å². The Morgan fingerprint density at radius 2 is 2.10 bits per heavy atom. The Labute approximate surface area is 127 Å². The van der Waals surface area contributed by atoms with E-state index in [1.807, 2.05) is 0 Å². The van der Waals surface area contributed by atoms with E-state index in [4.69, 9.17) is 20.8 Å². The molecule has 5 nitrogen and oxygen atoms in total. The predicted molar refractivity (Wildman–Crippen MR) is 80.8 cm³/mol. The van der Waals surface area contributed by atoms with Crippen molar-refractivity contribution in [2.75, 3.05) is 39.4 Å². The quantitative estimate of drug-likeness (QED) is 0.940. The van der Waals surface area contributed by atoms with Gasteiger partial charge in [-0.3, -0.25) is 9.69 Å². The van der Waals surface area contributed by atoms with Crippen molar-refractivity contribution >= 4 is 28.5 Å². The number of carbonyl (C=O) groups is 1. The Hall–Kier alpha value is -1.56. The molecule has 1 fully saturated rings. The molecule has 0 bridgehead atoms. The first-order valence-corrected chi connectivity index (χ1v) is 7.37. The average Bonchev–Trinajstić information content (AvgIpc) is 2.91. The van der Waals surface area contributed by atoms with Crippen LogP contribution in [-0.2, 0) is 4.74 Å². The van der Waals surface area contributed by atoms with E-state index in [2.05, 4.69) is 10.2 Å². The third kappa shape index (κ3) is 3.56. The minimum atomic E-state index is -0.199. The summed E-state index contributed by atoms with van der Waals surface area (Å²) in [7, 11) is 0. The van der Waals surface area contributed by atoms with E-state index >= 15 is 0 Å². The zero-order valence-electron chi connectivity index (χ0n) is 11.6. The van der Waals surface area contributed by atoms with Crippen molar-refractivity contribution in [2.45, 2.75) is 0 Å². The fourth-order valence-electron chi connectivity index (χ4n) is 2.37. The molecule has 1 aliphatic heterocycles. The largest absolute Gasteiger partial charge is 0.451 e. The maximum absolute atomic E-state index is 12.1. The second-order valence-electron chi connectivity index (χ2n) is 5.00. The van der Waals surface area contributed by atoms with Gasteiger partial charge < -0.3 is 14.5 Å². The number of benzene rings is 1. The standard InChI is InChI=1S/C15H17ClN2O3/c16-12-1-2-13-11(9-12)10-14(21-13)15(19)17-3-4-18-5-7-20-8-6-18/h1-2,9-10H,3-8H2,(H,17,19). The van der Waals surface area contributed by atoms with E-state index in [1.165, 1.54) is 0 Å². The molecule has 1 saturated heterocycles. The van der Waals surface area contributed by atoms with Crippen LogP contribution >= 0.6 is 11.6 Å². The van der Waals surface area contributed by atoms with Crippen molar-refractivity contribution in [2.24, 2.45) is 0 Å². The first-order valence-electron chi connectivity index (χ1n) is 7.00. The maximum atomic E-state index is 12.1. The highest BCUT2D eigenvalue weighted by atomic mass is 35.5. The first-order chi connectivity index (χ1) is 10.2. The van der Waals surface area contributed by atoms with E-state index in [0.717, 1.165) is 38.2 Å². The summed E-state index contributed by atoms with van der Waals surface area (Å²) >= 11 is 5.92. The van der Waals surface area contributed by atoms with Gasteiger partial charge in [0.15, 0.2) is 5.76 Å². The molecule has 0 unspecified atom stereocenters. The number of ether oxygens (including phenoxy) is 1. The van der Waals surface area contributed by atoms with Crippen LogP contribution in [0.2, 0.25) is 5.02 Å². The van der Waals surface area contributed by atoms with Gasteiger partial charge in [-0.1, -0.05) is 11.6 Å². The number of halogens is 1. The fraction of sp³-hybridized carbons (Fsp3) is 0.400. The number of hydrogen-bond donors (Lipinski definition) is 1. The third-order valence-electron chi connectivity index (χ3n) is 3.52. The third-order valence-corrected chi connectivity index (χ3v) is 3.75. The molecule has 0 aliphatic carbocycles. The molecule has 0 radical (unpaired) electrons. The van der Waals surface area contributed by atoms with E-state index in [-0.39, 0.29) is 5.91 Å². The normalized spacial score (nSPS) is 16.2. The minimum Gasteiger partial charge on any atom is -0.451 e. The van der Waals surface area contributed by atoms with Gasteiger partial charge in [-0.15, -0.1) is 0 Å². The zero-order chi connectivity index (χ0) is 14.7. The summed E-state index contributed by atoms with van der Waals surface area (Å²) in [5.41, 5.74) is 0.665.